The third-order valence-electron chi connectivity index (χ3n) is 1.74. The smallest absolute Gasteiger partial charge is 0.268 e. The molecule has 4 nitrogen and oxygen atoms in total. The van der Waals surface area contributed by atoms with Crippen LogP contribution in [0.3, 0.4) is 0 Å². The Kier molecular flexibility index (Phi) is 3.71. The summed E-state index contributed by atoms with van der Waals surface area (Å²) in [7, 11) is 1.68. The van der Waals surface area contributed by atoms with Crippen LogP contribution in [0, 0.1) is 0 Å². The van der Waals surface area contributed by atoms with Gasteiger partial charge in [0.05, 0.1) is 11.4 Å². The molecule has 0 aliphatic carbocycles. The molecule has 1 N–H and O–H groups in total. The number of anilines is 1. The lowest BCUT2D eigenvalue weighted by Gasteiger charge is -2.01. The van der Waals surface area contributed by atoms with Crippen LogP contribution in [0.1, 0.15) is 10.5 Å². The van der Waals surface area contributed by atoms with E-state index in [0.717, 1.165) is 0 Å². The minimum atomic E-state index is -0.554. The first kappa shape index (κ1) is 12.0. The zero-order valence-corrected chi connectivity index (χ0v) is 10.2. The van der Waals surface area contributed by atoms with Crippen molar-refractivity contribution >= 4 is 43.2 Å². The Labute approximate surface area is 100 Å². The van der Waals surface area contributed by atoms with Gasteiger partial charge in [-0.2, -0.15) is 0 Å². The molecule has 0 saturated heterocycles. The Bertz CT molecular complexity index is 439. The fourth-order valence-corrected chi connectivity index (χ4v) is 1.34. The number of rotatable bonds is 4. The fraction of sp³-hybridized carbons (Fsp3) is 0.111. The average molecular weight is 292 g/mol. The molecule has 0 saturated carbocycles. The van der Waals surface area contributed by atoms with Gasteiger partial charge in [-0.15, -0.1) is 0 Å². The van der Waals surface area contributed by atoms with Gasteiger partial charge in [0.25, 0.3) is 5.24 Å². The highest BCUT2D eigenvalue weighted by Gasteiger charge is 2.10. The van der Waals surface area contributed by atoms with E-state index >= 15 is 0 Å². The average Bonchev–Trinajstić information content (AvgIpc) is 2.46. The number of aromatic nitrogens is 1. The minimum Gasteiger partial charge on any atom is -0.351 e. The molecule has 0 atom stereocenters. The quantitative estimate of drug-likeness (QED) is 0.684. The largest absolute Gasteiger partial charge is 0.351 e. The van der Waals surface area contributed by atoms with E-state index in [1.54, 1.807) is 17.8 Å². The van der Waals surface area contributed by atoms with Crippen molar-refractivity contribution in [3.8, 4) is 0 Å². The van der Waals surface area contributed by atoms with E-state index < -0.39 is 5.24 Å². The molecule has 0 aromatic carbocycles. The first-order chi connectivity index (χ1) is 6.91. The van der Waals surface area contributed by atoms with Crippen LogP contribution in [0.2, 0.25) is 0 Å². The standard InChI is InChI=1S/C9H8BrClN2O2/c1-5(8(10)14)12-6-3-7(9(11)15)13(2)4-6/h3-4,12H,1H2,2H3. The van der Waals surface area contributed by atoms with Crippen molar-refractivity contribution in [2.45, 2.75) is 0 Å². The van der Waals surface area contributed by atoms with Crippen LogP contribution in [0.25, 0.3) is 0 Å². The lowest BCUT2D eigenvalue weighted by Crippen LogP contribution is -2.02. The fourth-order valence-electron chi connectivity index (χ4n) is 1.05. The van der Waals surface area contributed by atoms with Gasteiger partial charge in [0.1, 0.15) is 5.69 Å². The summed E-state index contributed by atoms with van der Waals surface area (Å²) in [6, 6.07) is 1.54. The first-order valence-electron chi connectivity index (χ1n) is 3.93. The second-order valence-corrected chi connectivity index (χ2v) is 3.94. The van der Waals surface area contributed by atoms with Crippen molar-refractivity contribution < 1.29 is 9.59 Å². The van der Waals surface area contributed by atoms with Gasteiger partial charge in [0.2, 0.25) is 4.69 Å². The maximum absolute atomic E-state index is 10.9. The lowest BCUT2D eigenvalue weighted by molar-refractivity contribution is -0.107. The van der Waals surface area contributed by atoms with Crippen LogP contribution in [0.4, 0.5) is 5.69 Å². The van der Waals surface area contributed by atoms with Gasteiger partial charge in [-0.05, 0) is 33.6 Å². The highest BCUT2D eigenvalue weighted by Crippen LogP contribution is 2.16. The molecule has 15 heavy (non-hydrogen) atoms. The molecule has 0 unspecified atom stereocenters. The second-order valence-electron chi connectivity index (χ2n) is 2.88. The lowest BCUT2D eigenvalue weighted by atomic mass is 10.4. The highest BCUT2D eigenvalue weighted by molar-refractivity contribution is 9.18. The Morgan fingerprint density at radius 2 is 2.20 bits per heavy atom. The molecule has 0 radical (unpaired) electrons. The summed E-state index contributed by atoms with van der Waals surface area (Å²) in [6.45, 7) is 3.50. The molecule has 0 aliphatic heterocycles. The van der Waals surface area contributed by atoms with Crippen molar-refractivity contribution in [1.29, 1.82) is 0 Å². The summed E-state index contributed by atoms with van der Waals surface area (Å²) >= 11 is 8.09. The second kappa shape index (κ2) is 4.63. The van der Waals surface area contributed by atoms with Crippen molar-refractivity contribution in [1.82, 2.24) is 4.57 Å². The van der Waals surface area contributed by atoms with E-state index in [0.29, 0.717) is 11.4 Å². The summed E-state index contributed by atoms with van der Waals surface area (Å²) in [5.41, 5.74) is 1.11. The molecular weight excluding hydrogens is 283 g/mol. The van der Waals surface area contributed by atoms with Gasteiger partial charge in [0.15, 0.2) is 0 Å². The van der Waals surface area contributed by atoms with Gasteiger partial charge in [0, 0.05) is 13.2 Å². The van der Waals surface area contributed by atoms with Crippen LogP contribution in [-0.4, -0.2) is 14.5 Å². The molecule has 0 amide bonds. The first-order valence-corrected chi connectivity index (χ1v) is 5.11. The number of hydrogen-bond donors (Lipinski definition) is 1. The number of nitrogens with one attached hydrogen (secondary N) is 1. The molecule has 0 fully saturated rings. The zero-order valence-electron chi connectivity index (χ0n) is 7.88. The Hall–Kier alpha value is -1.07. The van der Waals surface area contributed by atoms with Crippen molar-refractivity contribution in [2.75, 3.05) is 5.32 Å². The number of hydrogen-bond acceptors (Lipinski definition) is 3. The van der Waals surface area contributed by atoms with Gasteiger partial charge in [-0.1, -0.05) is 6.58 Å². The van der Waals surface area contributed by atoms with Gasteiger partial charge >= 0.3 is 0 Å². The number of aryl methyl sites for hydroxylation is 1. The predicted molar refractivity (Wildman–Crippen MR) is 62.3 cm³/mol. The van der Waals surface area contributed by atoms with Crippen LogP contribution >= 0.6 is 27.5 Å². The van der Waals surface area contributed by atoms with E-state index in [9.17, 15) is 9.59 Å². The summed E-state index contributed by atoms with van der Waals surface area (Å²) in [4.78, 5) is 21.7. The molecule has 6 heteroatoms. The van der Waals surface area contributed by atoms with Crippen LogP contribution in [-0.2, 0) is 11.8 Å². The summed E-state index contributed by atoms with van der Waals surface area (Å²) < 4.78 is 1.22. The third kappa shape index (κ3) is 2.94. The van der Waals surface area contributed by atoms with Crippen molar-refractivity contribution in [3.63, 3.8) is 0 Å². The summed E-state index contributed by atoms with van der Waals surface area (Å²) in [5.74, 6) is 0. The Balaban J connectivity index is 2.89. The topological polar surface area (TPSA) is 51.1 Å². The molecule has 0 spiro atoms. The van der Waals surface area contributed by atoms with Gasteiger partial charge < -0.3 is 9.88 Å². The van der Waals surface area contributed by atoms with E-state index in [1.165, 1.54) is 6.07 Å². The normalized spacial score (nSPS) is 9.80. The van der Waals surface area contributed by atoms with Crippen LogP contribution in [0.5, 0.6) is 0 Å². The maximum atomic E-state index is 10.9. The van der Waals surface area contributed by atoms with Crippen molar-refractivity contribution in [3.05, 3.63) is 30.2 Å². The number of carbonyl (C=O) groups excluding carboxylic acids is 2. The van der Waals surface area contributed by atoms with E-state index in [2.05, 4.69) is 27.8 Å². The zero-order chi connectivity index (χ0) is 11.6. The SMILES string of the molecule is C=C(Nc1cc(C(=O)Cl)n(C)c1)C(=O)Br. The number of carbonyl (C=O) groups is 2. The van der Waals surface area contributed by atoms with Crippen molar-refractivity contribution in [2.24, 2.45) is 7.05 Å². The van der Waals surface area contributed by atoms with Gasteiger partial charge in [-0.25, -0.2) is 0 Å². The number of nitrogens with zero attached hydrogens (tertiary/aromatic N) is 1. The molecular formula is C9H8BrClN2O2. The van der Waals surface area contributed by atoms with E-state index in [1.807, 2.05) is 0 Å². The molecule has 1 aromatic rings. The van der Waals surface area contributed by atoms with Crippen LogP contribution in [0.15, 0.2) is 24.5 Å². The monoisotopic (exact) mass is 290 g/mol. The molecule has 1 heterocycles. The summed E-state index contributed by atoms with van der Waals surface area (Å²) in [6.07, 6.45) is 1.64. The molecule has 1 rings (SSSR count). The molecule has 0 aliphatic rings. The molecule has 1 aromatic heterocycles. The molecule has 80 valence electrons. The predicted octanol–water partition coefficient (Wildman–Crippen LogP) is 2.25. The maximum Gasteiger partial charge on any atom is 0.268 e. The van der Waals surface area contributed by atoms with E-state index in [4.69, 9.17) is 11.6 Å². The number of allylic oxidation sites excluding steroid dienone is 1. The van der Waals surface area contributed by atoms with E-state index in [-0.39, 0.29) is 10.4 Å². The van der Waals surface area contributed by atoms with Crippen LogP contribution < -0.4 is 5.32 Å². The Morgan fingerprint density at radius 1 is 1.60 bits per heavy atom. The molecule has 0 bridgehead atoms. The number of halogens is 2. The summed E-state index contributed by atoms with van der Waals surface area (Å²) in [5, 5.41) is 2.18. The third-order valence-corrected chi connectivity index (χ3v) is 2.41. The minimum absolute atomic E-state index is 0.189. The Morgan fingerprint density at radius 3 is 2.60 bits per heavy atom. The highest BCUT2D eigenvalue weighted by atomic mass is 79.9. The van der Waals surface area contributed by atoms with Gasteiger partial charge in [-0.3, -0.25) is 9.59 Å².